The van der Waals surface area contributed by atoms with Gasteiger partial charge in [-0.3, -0.25) is 0 Å². The second-order valence-corrected chi connectivity index (χ2v) is 6.55. The molecule has 4 N–H and O–H groups in total. The van der Waals surface area contributed by atoms with E-state index in [0.717, 1.165) is 12.8 Å². The second-order valence-electron chi connectivity index (χ2n) is 6.55. The molecule has 1 saturated carbocycles. The van der Waals surface area contributed by atoms with E-state index in [1.807, 2.05) is 0 Å². The topological polar surface area (TPSA) is 52.0 Å². The number of nitrogens with two attached hydrogens (primary N) is 2. The summed E-state index contributed by atoms with van der Waals surface area (Å²) in [6, 6.07) is 0. The Morgan fingerprint density at radius 2 is 1.62 bits per heavy atom. The van der Waals surface area contributed by atoms with Gasteiger partial charge in [0.05, 0.1) is 0 Å². The zero-order valence-electron chi connectivity index (χ0n) is 11.6. The van der Waals surface area contributed by atoms with Crippen LogP contribution in [0.2, 0.25) is 0 Å². The van der Waals surface area contributed by atoms with Crippen LogP contribution in [0.15, 0.2) is 0 Å². The number of rotatable bonds is 4. The van der Waals surface area contributed by atoms with Crippen LogP contribution >= 0.6 is 0 Å². The van der Waals surface area contributed by atoms with Crippen LogP contribution in [0.3, 0.4) is 0 Å². The molecule has 1 fully saturated rings. The van der Waals surface area contributed by atoms with Gasteiger partial charge < -0.3 is 11.5 Å². The summed E-state index contributed by atoms with van der Waals surface area (Å²) in [5.74, 6) is 0. The molecule has 1 aliphatic carbocycles. The van der Waals surface area contributed by atoms with E-state index in [9.17, 15) is 0 Å². The highest BCUT2D eigenvalue weighted by molar-refractivity contribution is 5.13. The highest BCUT2D eigenvalue weighted by Gasteiger charge is 2.53. The van der Waals surface area contributed by atoms with Gasteiger partial charge in [0.1, 0.15) is 0 Å². The lowest BCUT2D eigenvalue weighted by molar-refractivity contribution is 0.0249. The SMILES string of the molecule is CCCCCC1(N)CCCC(C)(C)C1(C)N. The molecule has 1 aliphatic rings. The molecule has 0 aliphatic heterocycles. The van der Waals surface area contributed by atoms with E-state index < -0.39 is 0 Å². The van der Waals surface area contributed by atoms with Crippen molar-refractivity contribution in [2.24, 2.45) is 16.9 Å². The maximum absolute atomic E-state index is 6.63. The third kappa shape index (κ3) is 2.28. The first-order valence-corrected chi connectivity index (χ1v) is 6.85. The van der Waals surface area contributed by atoms with Crippen molar-refractivity contribution in [1.29, 1.82) is 0 Å². The van der Waals surface area contributed by atoms with E-state index >= 15 is 0 Å². The molecule has 2 atom stereocenters. The van der Waals surface area contributed by atoms with Crippen molar-refractivity contribution in [2.45, 2.75) is 83.7 Å². The fourth-order valence-corrected chi connectivity index (χ4v) is 3.11. The number of hydrogen-bond donors (Lipinski definition) is 2. The Morgan fingerprint density at radius 1 is 1.00 bits per heavy atom. The van der Waals surface area contributed by atoms with Crippen molar-refractivity contribution < 1.29 is 0 Å². The molecule has 2 heteroatoms. The largest absolute Gasteiger partial charge is 0.324 e. The average Bonchev–Trinajstić information content (AvgIpc) is 2.15. The summed E-state index contributed by atoms with van der Waals surface area (Å²) < 4.78 is 0. The summed E-state index contributed by atoms with van der Waals surface area (Å²) in [6.07, 6.45) is 8.34. The second kappa shape index (κ2) is 4.66. The third-order valence-electron chi connectivity index (χ3n) is 5.09. The van der Waals surface area contributed by atoms with Crippen LogP contribution in [-0.2, 0) is 0 Å². The van der Waals surface area contributed by atoms with Gasteiger partial charge in [-0.15, -0.1) is 0 Å². The van der Waals surface area contributed by atoms with E-state index in [2.05, 4.69) is 27.7 Å². The van der Waals surface area contributed by atoms with Crippen molar-refractivity contribution >= 4 is 0 Å². The Bertz CT molecular complexity index is 233. The Morgan fingerprint density at radius 3 is 2.19 bits per heavy atom. The van der Waals surface area contributed by atoms with Gasteiger partial charge in [-0.1, -0.05) is 46.5 Å². The van der Waals surface area contributed by atoms with Gasteiger partial charge in [-0.2, -0.15) is 0 Å². The van der Waals surface area contributed by atoms with Crippen LogP contribution in [-0.4, -0.2) is 11.1 Å². The van der Waals surface area contributed by atoms with Crippen LogP contribution in [0, 0.1) is 5.41 Å². The summed E-state index contributed by atoms with van der Waals surface area (Å²) in [5.41, 5.74) is 13.0. The minimum atomic E-state index is -0.244. The molecular weight excluding hydrogens is 196 g/mol. The van der Waals surface area contributed by atoms with E-state index in [-0.39, 0.29) is 16.5 Å². The van der Waals surface area contributed by atoms with Crippen LogP contribution in [0.5, 0.6) is 0 Å². The lowest BCUT2D eigenvalue weighted by Crippen LogP contribution is -2.72. The zero-order chi connectivity index (χ0) is 12.4. The standard InChI is InChI=1S/C14H30N2/c1-5-6-7-10-14(16)11-8-9-12(2,3)13(14,4)15/h5-11,15-16H2,1-4H3. The van der Waals surface area contributed by atoms with Crippen LogP contribution in [0.25, 0.3) is 0 Å². The number of hydrogen-bond acceptors (Lipinski definition) is 2. The molecule has 1 rings (SSSR count). The lowest BCUT2D eigenvalue weighted by Gasteiger charge is -2.57. The Balaban J connectivity index is 2.76. The smallest absolute Gasteiger partial charge is 0.0359 e. The van der Waals surface area contributed by atoms with Gasteiger partial charge in [0.2, 0.25) is 0 Å². The Labute approximate surface area is 101 Å². The molecule has 0 saturated heterocycles. The Hall–Kier alpha value is -0.0800. The maximum Gasteiger partial charge on any atom is 0.0359 e. The van der Waals surface area contributed by atoms with Crippen LogP contribution in [0.4, 0.5) is 0 Å². The molecule has 0 amide bonds. The fourth-order valence-electron chi connectivity index (χ4n) is 3.11. The molecular formula is C14H30N2. The van der Waals surface area contributed by atoms with Gasteiger partial charge in [-0.05, 0) is 31.6 Å². The quantitative estimate of drug-likeness (QED) is 0.723. The normalized spacial score (nSPS) is 38.6. The van der Waals surface area contributed by atoms with Crippen LogP contribution in [0.1, 0.15) is 72.6 Å². The summed E-state index contributed by atoms with van der Waals surface area (Å²) in [4.78, 5) is 0. The summed E-state index contributed by atoms with van der Waals surface area (Å²) in [6.45, 7) is 8.94. The number of unbranched alkanes of at least 4 members (excludes halogenated alkanes) is 2. The van der Waals surface area contributed by atoms with Gasteiger partial charge in [0.25, 0.3) is 0 Å². The highest BCUT2D eigenvalue weighted by atomic mass is 14.9. The molecule has 0 aromatic carbocycles. The molecule has 16 heavy (non-hydrogen) atoms. The predicted molar refractivity (Wildman–Crippen MR) is 71.3 cm³/mol. The molecule has 96 valence electrons. The van der Waals surface area contributed by atoms with E-state index in [1.54, 1.807) is 0 Å². The van der Waals surface area contributed by atoms with Gasteiger partial charge in [-0.25, -0.2) is 0 Å². The fraction of sp³-hybridized carbons (Fsp3) is 1.00. The first-order chi connectivity index (χ1) is 7.27. The molecule has 0 aromatic heterocycles. The molecule has 0 heterocycles. The maximum atomic E-state index is 6.63. The van der Waals surface area contributed by atoms with E-state index in [1.165, 1.54) is 32.1 Å². The first-order valence-electron chi connectivity index (χ1n) is 6.85. The third-order valence-corrected chi connectivity index (χ3v) is 5.09. The average molecular weight is 226 g/mol. The van der Waals surface area contributed by atoms with Crippen molar-refractivity contribution in [3.05, 3.63) is 0 Å². The molecule has 2 unspecified atom stereocenters. The summed E-state index contributed by atoms with van der Waals surface area (Å²) in [7, 11) is 0. The molecule has 0 bridgehead atoms. The van der Waals surface area contributed by atoms with Gasteiger partial charge in [0.15, 0.2) is 0 Å². The zero-order valence-corrected chi connectivity index (χ0v) is 11.6. The summed E-state index contributed by atoms with van der Waals surface area (Å²) in [5, 5.41) is 0. The monoisotopic (exact) mass is 226 g/mol. The van der Waals surface area contributed by atoms with Crippen LogP contribution < -0.4 is 11.5 Å². The molecule has 0 radical (unpaired) electrons. The van der Waals surface area contributed by atoms with E-state index in [4.69, 9.17) is 11.5 Å². The molecule has 0 aromatic rings. The Kier molecular flexibility index (Phi) is 4.07. The van der Waals surface area contributed by atoms with Crippen molar-refractivity contribution in [1.82, 2.24) is 0 Å². The minimum absolute atomic E-state index is 0.159. The summed E-state index contributed by atoms with van der Waals surface area (Å²) >= 11 is 0. The molecule has 0 spiro atoms. The van der Waals surface area contributed by atoms with Gasteiger partial charge >= 0.3 is 0 Å². The first kappa shape index (κ1) is 14.0. The van der Waals surface area contributed by atoms with Crippen molar-refractivity contribution in [3.8, 4) is 0 Å². The predicted octanol–water partition coefficient (Wildman–Crippen LogP) is 3.19. The molecule has 2 nitrogen and oxygen atoms in total. The minimum Gasteiger partial charge on any atom is -0.324 e. The lowest BCUT2D eigenvalue weighted by atomic mass is 9.55. The van der Waals surface area contributed by atoms with Crippen molar-refractivity contribution in [2.75, 3.05) is 0 Å². The van der Waals surface area contributed by atoms with Crippen molar-refractivity contribution in [3.63, 3.8) is 0 Å². The van der Waals surface area contributed by atoms with Gasteiger partial charge in [0, 0.05) is 11.1 Å². The highest BCUT2D eigenvalue weighted by Crippen LogP contribution is 2.48. The van der Waals surface area contributed by atoms with E-state index in [0.29, 0.717) is 0 Å².